The summed E-state index contributed by atoms with van der Waals surface area (Å²) in [6, 6.07) is 2.81. The Kier molecular flexibility index (Phi) is 5.27. The Bertz CT molecular complexity index is 1190. The molecule has 0 aromatic carbocycles. The van der Waals surface area contributed by atoms with Crippen molar-refractivity contribution in [3.05, 3.63) is 76.6 Å². The molecule has 4 heteroatoms. The molecule has 0 amide bonds. The van der Waals surface area contributed by atoms with Crippen LogP contribution in [-0.4, -0.2) is 20.8 Å². The number of rotatable bonds is 5. The Morgan fingerprint density at radius 1 is 1.25 bits per heavy atom. The summed E-state index contributed by atoms with van der Waals surface area (Å²) in [4.78, 5) is 4.89. The van der Waals surface area contributed by atoms with E-state index in [1.807, 2.05) is 17.1 Å². The van der Waals surface area contributed by atoms with Gasteiger partial charge < -0.3 is 5.32 Å². The van der Waals surface area contributed by atoms with Gasteiger partial charge in [0, 0.05) is 35.6 Å². The van der Waals surface area contributed by atoms with Crippen molar-refractivity contribution in [1.29, 1.82) is 0 Å². The maximum absolute atomic E-state index is 4.89. The number of allylic oxidation sites excluding steroid dienone is 3. The lowest BCUT2D eigenvalue weighted by atomic mass is 9.94. The molecular weight excluding hydrogens is 392 g/mol. The normalized spacial score (nSPS) is 21.3. The molecule has 1 fully saturated rings. The predicted octanol–water partition coefficient (Wildman–Crippen LogP) is 6.83. The molecule has 0 bridgehead atoms. The molecule has 4 nitrogen and oxygen atoms in total. The van der Waals surface area contributed by atoms with Crippen molar-refractivity contribution in [2.45, 2.75) is 65.5 Å². The fourth-order valence-electron chi connectivity index (χ4n) is 4.49. The first kappa shape index (κ1) is 20.8. The molecule has 5 rings (SSSR count). The van der Waals surface area contributed by atoms with Crippen molar-refractivity contribution >= 4 is 23.4 Å². The summed E-state index contributed by atoms with van der Waals surface area (Å²) < 4.78 is 1.98. The van der Waals surface area contributed by atoms with Crippen molar-refractivity contribution in [3.63, 3.8) is 0 Å². The van der Waals surface area contributed by atoms with Gasteiger partial charge in [0.1, 0.15) is 0 Å². The standard InChI is InChI=1S/C28H32N4/c1-19(2)32-18-25(17-30-32)31-24-10-5-7-20(3)26(15-24)22-13-21-8-6-9-23(28(4)11-12-28)14-27(21)29-16-22/h5-6,8,13-19,24,31H,9-12H2,1-4H3. The smallest absolute Gasteiger partial charge is 0.0731 e. The van der Waals surface area contributed by atoms with Gasteiger partial charge in [-0.2, -0.15) is 5.10 Å². The van der Waals surface area contributed by atoms with Crippen LogP contribution < -0.4 is 5.32 Å². The number of nitrogens with one attached hydrogen (secondary N) is 1. The van der Waals surface area contributed by atoms with Crippen LogP contribution in [0.15, 0.2) is 59.8 Å². The average molecular weight is 425 g/mol. The van der Waals surface area contributed by atoms with Crippen LogP contribution in [0.25, 0.3) is 17.7 Å². The lowest BCUT2D eigenvalue weighted by Gasteiger charge is -2.15. The second-order valence-electron chi connectivity index (χ2n) is 9.88. The zero-order valence-electron chi connectivity index (χ0n) is 19.5. The third kappa shape index (κ3) is 4.16. The molecule has 2 heterocycles. The molecule has 1 saturated carbocycles. The molecule has 1 unspecified atom stereocenters. The van der Waals surface area contributed by atoms with Gasteiger partial charge in [0.25, 0.3) is 0 Å². The highest BCUT2D eigenvalue weighted by molar-refractivity contribution is 5.81. The van der Waals surface area contributed by atoms with Crippen LogP contribution in [0.3, 0.4) is 0 Å². The maximum Gasteiger partial charge on any atom is 0.0731 e. The van der Waals surface area contributed by atoms with E-state index in [1.54, 1.807) is 0 Å². The van der Waals surface area contributed by atoms with Crippen LogP contribution in [0.4, 0.5) is 5.69 Å². The van der Waals surface area contributed by atoms with E-state index in [2.05, 4.69) is 86.5 Å². The number of fused-ring (bicyclic) bond motifs is 1. The van der Waals surface area contributed by atoms with Gasteiger partial charge in [-0.15, -0.1) is 5.73 Å². The van der Waals surface area contributed by atoms with Gasteiger partial charge in [-0.3, -0.25) is 9.67 Å². The van der Waals surface area contributed by atoms with E-state index in [1.165, 1.54) is 29.6 Å². The average Bonchev–Trinajstić information content (AvgIpc) is 3.45. The van der Waals surface area contributed by atoms with Crippen molar-refractivity contribution < 1.29 is 0 Å². The van der Waals surface area contributed by atoms with E-state index in [-0.39, 0.29) is 6.04 Å². The summed E-state index contributed by atoms with van der Waals surface area (Å²) in [7, 11) is 0. The second kappa shape index (κ2) is 8.11. The SMILES string of the molecule is CC1=C=CCC(Nc2cnn(C(C)C)c2)C=C1c1cnc2c(c1)C=CCC(C1(C)CC1)=C2. The van der Waals surface area contributed by atoms with Crippen LogP contribution in [0.2, 0.25) is 0 Å². The third-order valence-electron chi connectivity index (χ3n) is 6.93. The van der Waals surface area contributed by atoms with E-state index < -0.39 is 0 Å². The molecule has 0 aliphatic heterocycles. The van der Waals surface area contributed by atoms with Crippen LogP contribution in [-0.2, 0) is 0 Å². The third-order valence-corrected chi connectivity index (χ3v) is 6.93. The Balaban J connectivity index is 1.45. The molecule has 0 spiro atoms. The maximum atomic E-state index is 4.89. The Labute approximate surface area is 191 Å². The number of nitrogens with zero attached hydrogens (tertiary/aromatic N) is 3. The fourth-order valence-corrected chi connectivity index (χ4v) is 4.49. The summed E-state index contributed by atoms with van der Waals surface area (Å²) in [5.41, 5.74) is 12.2. The van der Waals surface area contributed by atoms with Gasteiger partial charge in [-0.05, 0) is 81.2 Å². The van der Waals surface area contributed by atoms with Crippen LogP contribution in [0.1, 0.15) is 76.2 Å². The predicted molar refractivity (Wildman–Crippen MR) is 133 cm³/mol. The molecule has 3 aliphatic rings. The summed E-state index contributed by atoms with van der Waals surface area (Å²) in [5, 5.41) is 8.09. The molecule has 32 heavy (non-hydrogen) atoms. The molecule has 3 aliphatic carbocycles. The van der Waals surface area contributed by atoms with Crippen LogP contribution >= 0.6 is 0 Å². The highest BCUT2D eigenvalue weighted by atomic mass is 15.3. The molecule has 1 atom stereocenters. The van der Waals surface area contributed by atoms with Gasteiger partial charge in [-0.1, -0.05) is 30.7 Å². The molecule has 1 N–H and O–H groups in total. The minimum atomic E-state index is 0.176. The number of pyridine rings is 1. The largest absolute Gasteiger partial charge is 0.376 e. The van der Waals surface area contributed by atoms with E-state index in [0.717, 1.165) is 35.4 Å². The van der Waals surface area contributed by atoms with Gasteiger partial charge in [0.2, 0.25) is 0 Å². The molecule has 2 aromatic heterocycles. The van der Waals surface area contributed by atoms with Crippen LogP contribution in [0, 0.1) is 5.41 Å². The van der Waals surface area contributed by atoms with Crippen molar-refractivity contribution in [2.24, 2.45) is 5.41 Å². The van der Waals surface area contributed by atoms with E-state index in [9.17, 15) is 0 Å². The van der Waals surface area contributed by atoms with Gasteiger partial charge >= 0.3 is 0 Å². The highest BCUT2D eigenvalue weighted by Crippen LogP contribution is 2.53. The lowest BCUT2D eigenvalue weighted by Crippen LogP contribution is -2.16. The molecule has 0 saturated heterocycles. The van der Waals surface area contributed by atoms with Crippen molar-refractivity contribution in [3.8, 4) is 0 Å². The molecule has 2 aromatic rings. The van der Waals surface area contributed by atoms with Gasteiger partial charge in [0.05, 0.1) is 17.6 Å². The number of aromatic nitrogens is 3. The molecule has 164 valence electrons. The number of hydrogen-bond acceptors (Lipinski definition) is 3. The highest BCUT2D eigenvalue weighted by Gasteiger charge is 2.40. The Morgan fingerprint density at radius 2 is 2.09 bits per heavy atom. The van der Waals surface area contributed by atoms with Crippen LogP contribution in [0.5, 0.6) is 0 Å². The first-order valence-electron chi connectivity index (χ1n) is 11.7. The van der Waals surface area contributed by atoms with E-state index in [4.69, 9.17) is 4.98 Å². The van der Waals surface area contributed by atoms with Gasteiger partial charge in [-0.25, -0.2) is 0 Å². The number of anilines is 1. The molecule has 0 radical (unpaired) electrons. The summed E-state index contributed by atoms with van der Waals surface area (Å²) in [5.74, 6) is 0. The lowest BCUT2D eigenvalue weighted by molar-refractivity contribution is 0.532. The van der Waals surface area contributed by atoms with Gasteiger partial charge in [0.15, 0.2) is 0 Å². The first-order valence-corrected chi connectivity index (χ1v) is 11.7. The number of hydrogen-bond donors (Lipinski definition) is 1. The van der Waals surface area contributed by atoms with E-state index in [0.29, 0.717) is 11.5 Å². The van der Waals surface area contributed by atoms with Crippen molar-refractivity contribution in [2.75, 3.05) is 5.32 Å². The summed E-state index contributed by atoms with van der Waals surface area (Å²) in [6.45, 7) is 8.79. The summed E-state index contributed by atoms with van der Waals surface area (Å²) >= 11 is 0. The Morgan fingerprint density at radius 3 is 2.84 bits per heavy atom. The first-order chi connectivity index (χ1) is 15.4. The van der Waals surface area contributed by atoms with E-state index >= 15 is 0 Å². The minimum absolute atomic E-state index is 0.176. The monoisotopic (exact) mass is 424 g/mol. The Hall–Kier alpha value is -3.10. The fraction of sp³-hybridized carbons (Fsp3) is 0.393. The zero-order valence-corrected chi connectivity index (χ0v) is 19.5. The minimum Gasteiger partial charge on any atom is -0.376 e. The van der Waals surface area contributed by atoms with Crippen molar-refractivity contribution in [1.82, 2.24) is 14.8 Å². The molecular formula is C28H32N4. The summed E-state index contributed by atoms with van der Waals surface area (Å²) in [6.07, 6.45) is 21.8. The topological polar surface area (TPSA) is 42.7 Å². The second-order valence-corrected chi connectivity index (χ2v) is 9.88. The zero-order chi connectivity index (χ0) is 22.3. The quantitative estimate of drug-likeness (QED) is 0.535.